The van der Waals surface area contributed by atoms with Gasteiger partial charge in [-0.25, -0.2) is 0 Å². The second-order valence-corrected chi connectivity index (χ2v) is 6.05. The SMILES string of the molecule is CCCC(COC)N=C1NC(C)(CC)CCS1. The van der Waals surface area contributed by atoms with Crippen LogP contribution in [0.3, 0.4) is 0 Å². The summed E-state index contributed by atoms with van der Waals surface area (Å²) >= 11 is 1.84. The Hall–Kier alpha value is -0.220. The molecule has 0 aromatic carbocycles. The van der Waals surface area contributed by atoms with Crippen LogP contribution < -0.4 is 5.32 Å². The lowest BCUT2D eigenvalue weighted by atomic mass is 9.96. The molecule has 3 nitrogen and oxygen atoms in total. The van der Waals surface area contributed by atoms with Crippen molar-refractivity contribution in [1.29, 1.82) is 0 Å². The summed E-state index contributed by atoms with van der Waals surface area (Å²) in [5.41, 5.74) is 0.230. The Kier molecular flexibility index (Phi) is 6.34. The number of methoxy groups -OCH3 is 1. The number of amidine groups is 1. The lowest BCUT2D eigenvalue weighted by Gasteiger charge is -2.35. The number of rotatable bonds is 6. The summed E-state index contributed by atoms with van der Waals surface area (Å²) in [5, 5.41) is 4.69. The highest BCUT2D eigenvalue weighted by atomic mass is 32.2. The molecule has 100 valence electrons. The summed E-state index contributed by atoms with van der Waals surface area (Å²) in [6.07, 6.45) is 4.62. The van der Waals surface area contributed by atoms with Crippen LogP contribution in [0.2, 0.25) is 0 Å². The molecule has 0 radical (unpaired) electrons. The van der Waals surface area contributed by atoms with Crippen molar-refractivity contribution < 1.29 is 4.74 Å². The third-order valence-corrected chi connectivity index (χ3v) is 4.25. The van der Waals surface area contributed by atoms with Gasteiger partial charge in [0.15, 0.2) is 5.17 Å². The Labute approximate surface area is 110 Å². The lowest BCUT2D eigenvalue weighted by Crippen LogP contribution is -2.48. The van der Waals surface area contributed by atoms with Gasteiger partial charge in [-0.3, -0.25) is 4.99 Å². The Balaban J connectivity index is 2.62. The van der Waals surface area contributed by atoms with Crippen molar-refractivity contribution in [3.05, 3.63) is 0 Å². The summed E-state index contributed by atoms with van der Waals surface area (Å²) in [5.74, 6) is 1.17. The van der Waals surface area contributed by atoms with Gasteiger partial charge >= 0.3 is 0 Å². The van der Waals surface area contributed by atoms with Crippen molar-refractivity contribution in [2.24, 2.45) is 4.99 Å². The third kappa shape index (κ3) is 4.88. The fourth-order valence-corrected chi connectivity index (χ4v) is 3.23. The summed E-state index contributed by atoms with van der Waals surface area (Å²) in [6.45, 7) is 7.44. The first-order chi connectivity index (χ1) is 8.13. The molecule has 0 aromatic heterocycles. The summed E-state index contributed by atoms with van der Waals surface area (Å²) in [7, 11) is 1.75. The van der Waals surface area contributed by atoms with Crippen molar-refractivity contribution in [3.8, 4) is 0 Å². The van der Waals surface area contributed by atoms with Gasteiger partial charge in [-0.1, -0.05) is 32.0 Å². The summed E-state index contributed by atoms with van der Waals surface area (Å²) in [6, 6.07) is 0.305. The van der Waals surface area contributed by atoms with Crippen molar-refractivity contribution >= 4 is 16.9 Å². The van der Waals surface area contributed by atoms with E-state index in [1.165, 1.54) is 12.2 Å². The minimum Gasteiger partial charge on any atom is -0.382 e. The molecule has 0 spiro atoms. The molecule has 4 heteroatoms. The van der Waals surface area contributed by atoms with Gasteiger partial charge in [-0.15, -0.1) is 0 Å². The van der Waals surface area contributed by atoms with Crippen LogP contribution in [-0.2, 0) is 4.74 Å². The molecule has 2 atom stereocenters. The van der Waals surface area contributed by atoms with Gasteiger partial charge in [0.2, 0.25) is 0 Å². The minimum absolute atomic E-state index is 0.230. The summed E-state index contributed by atoms with van der Waals surface area (Å²) in [4.78, 5) is 4.80. The van der Waals surface area contributed by atoms with E-state index in [-0.39, 0.29) is 5.54 Å². The molecule has 0 aromatic rings. The molecule has 1 heterocycles. The molecule has 0 saturated carbocycles. The predicted molar refractivity (Wildman–Crippen MR) is 76.9 cm³/mol. The first-order valence-electron chi connectivity index (χ1n) is 6.61. The molecule has 1 N–H and O–H groups in total. The van der Waals surface area contributed by atoms with E-state index < -0.39 is 0 Å². The van der Waals surface area contributed by atoms with Crippen LogP contribution in [-0.4, -0.2) is 36.2 Å². The van der Waals surface area contributed by atoms with Crippen molar-refractivity contribution in [2.75, 3.05) is 19.5 Å². The number of thioether (sulfide) groups is 1. The first kappa shape index (κ1) is 14.8. The number of aliphatic imine (C=N–C) groups is 1. The highest BCUT2D eigenvalue weighted by Crippen LogP contribution is 2.25. The van der Waals surface area contributed by atoms with Gasteiger partial charge in [0.1, 0.15) is 0 Å². The first-order valence-corrected chi connectivity index (χ1v) is 7.59. The Morgan fingerprint density at radius 3 is 2.88 bits per heavy atom. The highest BCUT2D eigenvalue weighted by molar-refractivity contribution is 8.13. The van der Waals surface area contributed by atoms with E-state index in [0.29, 0.717) is 6.04 Å². The van der Waals surface area contributed by atoms with Gasteiger partial charge < -0.3 is 10.1 Å². The second-order valence-electron chi connectivity index (χ2n) is 4.97. The number of hydrogen-bond acceptors (Lipinski definition) is 3. The van der Waals surface area contributed by atoms with Crippen LogP contribution in [0.1, 0.15) is 46.5 Å². The zero-order valence-corrected chi connectivity index (χ0v) is 12.4. The van der Waals surface area contributed by atoms with Gasteiger partial charge in [0.25, 0.3) is 0 Å². The Morgan fingerprint density at radius 2 is 2.29 bits per heavy atom. The van der Waals surface area contributed by atoms with Crippen LogP contribution >= 0.6 is 11.8 Å². The van der Waals surface area contributed by atoms with E-state index in [4.69, 9.17) is 9.73 Å². The number of ether oxygens (including phenoxy) is 1. The number of nitrogens with one attached hydrogen (secondary N) is 1. The van der Waals surface area contributed by atoms with E-state index in [1.54, 1.807) is 7.11 Å². The van der Waals surface area contributed by atoms with Gasteiger partial charge in [0.05, 0.1) is 12.6 Å². The van der Waals surface area contributed by atoms with Crippen molar-refractivity contribution in [1.82, 2.24) is 5.32 Å². The molecular formula is C13H26N2OS. The molecule has 1 saturated heterocycles. The molecule has 1 aliphatic rings. The Morgan fingerprint density at radius 1 is 1.53 bits per heavy atom. The minimum atomic E-state index is 0.230. The number of hydrogen-bond donors (Lipinski definition) is 1. The van der Waals surface area contributed by atoms with E-state index in [9.17, 15) is 0 Å². The standard InChI is InChI=1S/C13H26N2OS/c1-5-7-11(10-16-4)14-12-15-13(3,6-2)8-9-17-12/h11H,5-10H2,1-4H3,(H,14,15). The fraction of sp³-hybridized carbons (Fsp3) is 0.923. The van der Waals surface area contributed by atoms with Crippen LogP contribution in [0.15, 0.2) is 4.99 Å². The van der Waals surface area contributed by atoms with Crippen LogP contribution in [0.4, 0.5) is 0 Å². The largest absolute Gasteiger partial charge is 0.382 e. The molecular weight excluding hydrogens is 232 g/mol. The number of nitrogens with zero attached hydrogens (tertiary/aromatic N) is 1. The van der Waals surface area contributed by atoms with Gasteiger partial charge in [0, 0.05) is 18.4 Å². The average Bonchev–Trinajstić information content (AvgIpc) is 2.30. The molecule has 17 heavy (non-hydrogen) atoms. The highest BCUT2D eigenvalue weighted by Gasteiger charge is 2.27. The van der Waals surface area contributed by atoms with E-state index in [2.05, 4.69) is 26.1 Å². The zero-order valence-electron chi connectivity index (χ0n) is 11.6. The smallest absolute Gasteiger partial charge is 0.157 e. The van der Waals surface area contributed by atoms with Crippen molar-refractivity contribution in [3.63, 3.8) is 0 Å². The topological polar surface area (TPSA) is 33.6 Å². The van der Waals surface area contributed by atoms with E-state index in [0.717, 1.165) is 31.0 Å². The molecule has 0 aliphatic carbocycles. The molecule has 1 fully saturated rings. The van der Waals surface area contributed by atoms with Crippen molar-refractivity contribution in [2.45, 2.75) is 58.0 Å². The molecule has 1 rings (SSSR count). The molecule has 0 bridgehead atoms. The van der Waals surface area contributed by atoms with Gasteiger partial charge in [-0.05, 0) is 26.2 Å². The quantitative estimate of drug-likeness (QED) is 0.795. The van der Waals surface area contributed by atoms with Gasteiger partial charge in [-0.2, -0.15) is 0 Å². The van der Waals surface area contributed by atoms with Crippen LogP contribution in [0, 0.1) is 0 Å². The predicted octanol–water partition coefficient (Wildman–Crippen LogP) is 3.05. The summed E-state index contributed by atoms with van der Waals surface area (Å²) < 4.78 is 5.23. The monoisotopic (exact) mass is 258 g/mol. The maximum absolute atomic E-state index is 5.23. The lowest BCUT2D eigenvalue weighted by molar-refractivity contribution is 0.177. The normalized spacial score (nSPS) is 29.1. The average molecular weight is 258 g/mol. The van der Waals surface area contributed by atoms with E-state index in [1.807, 2.05) is 11.8 Å². The van der Waals surface area contributed by atoms with Crippen LogP contribution in [0.25, 0.3) is 0 Å². The van der Waals surface area contributed by atoms with Crippen LogP contribution in [0.5, 0.6) is 0 Å². The fourth-order valence-electron chi connectivity index (χ4n) is 1.94. The Bertz CT molecular complexity index is 252. The molecule has 1 aliphatic heterocycles. The maximum atomic E-state index is 5.23. The van der Waals surface area contributed by atoms with E-state index >= 15 is 0 Å². The molecule has 0 amide bonds. The zero-order chi connectivity index (χ0) is 12.7. The molecule has 2 unspecified atom stereocenters. The maximum Gasteiger partial charge on any atom is 0.157 e. The second kappa shape index (κ2) is 7.27. The third-order valence-electron chi connectivity index (χ3n) is 3.36.